The van der Waals surface area contributed by atoms with Gasteiger partial charge in [-0.2, -0.15) is 4.31 Å². The zero-order chi connectivity index (χ0) is 22.3. The largest absolute Gasteiger partial charge is 0.497 e. The standard InChI is InChI=1S/C24H23N3O4S/c1-31-18-6-7-19-17(14-26-21(19)13-18)12-22-24(28)20-4-2-3-5-23(20)32(29,30)27(22)15-16-8-10-25-11-9-16/h2-11,13-14,22,24,26,28H,12,15H2,1H3/t22-,24+/m1/s1. The third-order valence-electron chi connectivity index (χ3n) is 6.05. The minimum atomic E-state index is -3.81. The Balaban J connectivity index is 1.59. The first-order valence-corrected chi connectivity index (χ1v) is 11.7. The third-order valence-corrected chi connectivity index (χ3v) is 8.00. The van der Waals surface area contributed by atoms with E-state index < -0.39 is 22.2 Å². The molecule has 0 radical (unpaired) electrons. The minimum Gasteiger partial charge on any atom is -0.497 e. The Bertz CT molecular complexity index is 1370. The van der Waals surface area contributed by atoms with Gasteiger partial charge in [0.05, 0.1) is 24.2 Å². The average Bonchev–Trinajstić information content (AvgIpc) is 3.22. The van der Waals surface area contributed by atoms with Gasteiger partial charge in [0.2, 0.25) is 10.0 Å². The zero-order valence-corrected chi connectivity index (χ0v) is 18.3. The number of nitrogens with one attached hydrogen (secondary N) is 1. The summed E-state index contributed by atoms with van der Waals surface area (Å²) in [4.78, 5) is 7.41. The molecule has 0 fully saturated rings. The molecular weight excluding hydrogens is 426 g/mol. The number of ether oxygens (including phenoxy) is 1. The minimum absolute atomic E-state index is 0.150. The molecule has 164 valence electrons. The monoisotopic (exact) mass is 449 g/mol. The highest BCUT2D eigenvalue weighted by atomic mass is 32.2. The highest BCUT2D eigenvalue weighted by Gasteiger charge is 2.43. The lowest BCUT2D eigenvalue weighted by atomic mass is 9.95. The Morgan fingerprint density at radius 3 is 2.69 bits per heavy atom. The summed E-state index contributed by atoms with van der Waals surface area (Å²) < 4.78 is 33.9. The van der Waals surface area contributed by atoms with Crippen LogP contribution in [-0.4, -0.2) is 40.9 Å². The number of methoxy groups -OCH3 is 1. The maximum absolute atomic E-state index is 13.6. The van der Waals surface area contributed by atoms with Crippen LogP contribution in [0, 0.1) is 0 Å². The highest BCUT2D eigenvalue weighted by molar-refractivity contribution is 7.89. The van der Waals surface area contributed by atoms with Crippen molar-refractivity contribution < 1.29 is 18.3 Å². The summed E-state index contributed by atoms with van der Waals surface area (Å²) in [6, 6.07) is 15.3. The molecule has 0 bridgehead atoms. The molecule has 0 amide bonds. The van der Waals surface area contributed by atoms with Crippen LogP contribution in [0.3, 0.4) is 0 Å². The van der Waals surface area contributed by atoms with Gasteiger partial charge in [-0.15, -0.1) is 0 Å². The van der Waals surface area contributed by atoms with E-state index in [0.717, 1.165) is 27.8 Å². The van der Waals surface area contributed by atoms with E-state index in [1.54, 1.807) is 55.9 Å². The van der Waals surface area contributed by atoms with Crippen molar-refractivity contribution >= 4 is 20.9 Å². The van der Waals surface area contributed by atoms with Crippen LogP contribution in [0.1, 0.15) is 22.8 Å². The summed E-state index contributed by atoms with van der Waals surface area (Å²) in [5, 5.41) is 12.3. The summed E-state index contributed by atoms with van der Waals surface area (Å²) in [5.74, 6) is 0.736. The second-order valence-electron chi connectivity index (χ2n) is 7.89. The molecule has 0 spiro atoms. The summed E-state index contributed by atoms with van der Waals surface area (Å²) >= 11 is 0. The molecule has 3 heterocycles. The Morgan fingerprint density at radius 2 is 1.91 bits per heavy atom. The molecule has 2 aromatic carbocycles. The predicted molar refractivity (Wildman–Crippen MR) is 121 cm³/mol. The lowest BCUT2D eigenvalue weighted by Crippen LogP contribution is -2.48. The SMILES string of the molecule is COc1ccc2c(C[C@@H]3[C@@H](O)c4ccccc4S(=O)(=O)N3Cc3ccncc3)c[nH]c2c1. The number of hydrogen-bond acceptors (Lipinski definition) is 5. The number of aliphatic hydroxyl groups excluding tert-OH is 1. The van der Waals surface area contributed by atoms with Gasteiger partial charge >= 0.3 is 0 Å². The van der Waals surface area contributed by atoms with Crippen LogP contribution in [0.5, 0.6) is 5.75 Å². The molecule has 1 aliphatic heterocycles. The fourth-order valence-electron chi connectivity index (χ4n) is 4.40. The normalized spacial score (nSPS) is 20.2. The van der Waals surface area contributed by atoms with Crippen molar-refractivity contribution in [3.63, 3.8) is 0 Å². The molecule has 1 aliphatic rings. The predicted octanol–water partition coefficient (Wildman–Crippen LogP) is 3.42. The number of nitrogens with zero attached hydrogens (tertiary/aromatic N) is 2. The molecule has 5 rings (SSSR count). The Hall–Kier alpha value is -3.20. The van der Waals surface area contributed by atoms with Gasteiger partial charge in [0, 0.05) is 47.7 Å². The maximum atomic E-state index is 13.6. The Kier molecular flexibility index (Phi) is 5.21. The van der Waals surface area contributed by atoms with Crippen molar-refractivity contribution in [2.75, 3.05) is 7.11 Å². The number of aliphatic hydroxyl groups is 1. The van der Waals surface area contributed by atoms with Crippen molar-refractivity contribution in [3.8, 4) is 5.75 Å². The van der Waals surface area contributed by atoms with Gasteiger partial charge in [0.1, 0.15) is 5.75 Å². The molecule has 32 heavy (non-hydrogen) atoms. The number of rotatable bonds is 5. The zero-order valence-electron chi connectivity index (χ0n) is 17.5. The van der Waals surface area contributed by atoms with Crippen molar-refractivity contribution in [2.45, 2.75) is 30.0 Å². The molecule has 0 saturated heterocycles. The number of hydrogen-bond donors (Lipinski definition) is 2. The fourth-order valence-corrected chi connectivity index (χ4v) is 6.25. The first kappa shape index (κ1) is 20.7. The number of fused-ring (bicyclic) bond motifs is 2. The van der Waals surface area contributed by atoms with E-state index in [-0.39, 0.29) is 11.4 Å². The van der Waals surface area contributed by atoms with Crippen LogP contribution >= 0.6 is 0 Å². The average molecular weight is 450 g/mol. The van der Waals surface area contributed by atoms with Crippen molar-refractivity contribution in [2.24, 2.45) is 0 Å². The van der Waals surface area contributed by atoms with Gasteiger partial charge in [-0.3, -0.25) is 4.98 Å². The number of benzene rings is 2. The highest BCUT2D eigenvalue weighted by Crippen LogP contribution is 2.39. The van der Waals surface area contributed by atoms with E-state index in [9.17, 15) is 13.5 Å². The van der Waals surface area contributed by atoms with Crippen LogP contribution in [0.2, 0.25) is 0 Å². The van der Waals surface area contributed by atoms with Crippen LogP contribution < -0.4 is 4.74 Å². The number of aromatic nitrogens is 2. The molecule has 2 atom stereocenters. The summed E-state index contributed by atoms with van der Waals surface area (Å²) in [6.07, 6.45) is 4.54. The second-order valence-corrected chi connectivity index (χ2v) is 9.74. The van der Waals surface area contributed by atoms with Crippen molar-refractivity contribution in [3.05, 3.63) is 89.9 Å². The van der Waals surface area contributed by atoms with Gasteiger partial charge < -0.3 is 14.8 Å². The fraction of sp³-hybridized carbons (Fsp3) is 0.208. The summed E-state index contributed by atoms with van der Waals surface area (Å²) in [7, 11) is -2.19. The van der Waals surface area contributed by atoms with Crippen molar-refractivity contribution in [1.82, 2.24) is 14.3 Å². The van der Waals surface area contributed by atoms with Gasteiger partial charge in [0.25, 0.3) is 0 Å². The topological polar surface area (TPSA) is 95.5 Å². The lowest BCUT2D eigenvalue weighted by molar-refractivity contribution is 0.0771. The summed E-state index contributed by atoms with van der Waals surface area (Å²) in [5.41, 5.74) is 3.07. The maximum Gasteiger partial charge on any atom is 0.244 e. The van der Waals surface area contributed by atoms with E-state index in [2.05, 4.69) is 9.97 Å². The van der Waals surface area contributed by atoms with E-state index >= 15 is 0 Å². The van der Waals surface area contributed by atoms with Crippen LogP contribution in [-0.2, 0) is 23.0 Å². The summed E-state index contributed by atoms with van der Waals surface area (Å²) in [6.45, 7) is 0.150. The number of H-pyrrole nitrogens is 1. The van der Waals surface area contributed by atoms with E-state index in [4.69, 9.17) is 4.74 Å². The second kappa shape index (κ2) is 8.05. The molecule has 4 aromatic rings. The first-order chi connectivity index (χ1) is 15.5. The van der Waals surface area contributed by atoms with E-state index in [0.29, 0.717) is 12.0 Å². The Labute approximate surface area is 186 Å². The third kappa shape index (κ3) is 3.46. The van der Waals surface area contributed by atoms with Gasteiger partial charge in [-0.1, -0.05) is 18.2 Å². The van der Waals surface area contributed by atoms with Gasteiger partial charge in [-0.05, 0) is 47.9 Å². The number of pyridine rings is 1. The molecule has 7 nitrogen and oxygen atoms in total. The number of aromatic amines is 1. The molecule has 0 unspecified atom stereocenters. The van der Waals surface area contributed by atoms with Crippen LogP contribution in [0.15, 0.2) is 78.1 Å². The van der Waals surface area contributed by atoms with Gasteiger partial charge in [0.15, 0.2) is 0 Å². The molecule has 2 N–H and O–H groups in total. The lowest BCUT2D eigenvalue weighted by Gasteiger charge is -2.39. The molecular formula is C24H23N3O4S. The Morgan fingerprint density at radius 1 is 1.12 bits per heavy atom. The number of sulfonamides is 1. The smallest absolute Gasteiger partial charge is 0.244 e. The molecule has 0 saturated carbocycles. The van der Waals surface area contributed by atoms with Crippen molar-refractivity contribution in [1.29, 1.82) is 0 Å². The van der Waals surface area contributed by atoms with Gasteiger partial charge in [-0.25, -0.2) is 8.42 Å². The molecule has 8 heteroatoms. The van der Waals surface area contributed by atoms with E-state index in [1.807, 2.05) is 24.4 Å². The molecule has 2 aromatic heterocycles. The quantitative estimate of drug-likeness (QED) is 0.487. The van der Waals surface area contributed by atoms with Crippen LogP contribution in [0.4, 0.5) is 0 Å². The molecule has 0 aliphatic carbocycles. The first-order valence-electron chi connectivity index (χ1n) is 10.3. The van der Waals surface area contributed by atoms with E-state index in [1.165, 1.54) is 4.31 Å². The van der Waals surface area contributed by atoms with Crippen LogP contribution in [0.25, 0.3) is 10.9 Å².